The minimum absolute atomic E-state index is 0.804. The van der Waals surface area contributed by atoms with Crippen molar-refractivity contribution in [2.75, 3.05) is 11.9 Å². The summed E-state index contributed by atoms with van der Waals surface area (Å²) in [6.45, 7) is 3.39. The molecule has 0 amide bonds. The Hall–Kier alpha value is -1.58. The van der Waals surface area contributed by atoms with Crippen LogP contribution in [0.25, 0.3) is 5.65 Å². The Morgan fingerprint density at radius 3 is 3.18 bits per heavy atom. The van der Waals surface area contributed by atoms with Gasteiger partial charge in [0.1, 0.15) is 5.82 Å². The Bertz CT molecular complexity index is 505. The summed E-state index contributed by atoms with van der Waals surface area (Å²) in [5.41, 5.74) is 0.898. The third kappa shape index (κ3) is 2.12. The van der Waals surface area contributed by atoms with E-state index < -0.39 is 0 Å². The van der Waals surface area contributed by atoms with Crippen LogP contribution in [0.1, 0.15) is 26.2 Å². The van der Waals surface area contributed by atoms with Crippen LogP contribution in [0, 0.1) is 11.8 Å². The fourth-order valence-electron chi connectivity index (χ4n) is 2.67. The smallest absolute Gasteiger partial charge is 0.157 e. The second kappa shape index (κ2) is 4.35. The highest BCUT2D eigenvalue weighted by Gasteiger charge is 2.22. The average molecular weight is 230 g/mol. The van der Waals surface area contributed by atoms with Crippen LogP contribution in [0.4, 0.5) is 5.82 Å². The van der Waals surface area contributed by atoms with Crippen molar-refractivity contribution in [3.8, 4) is 0 Å². The van der Waals surface area contributed by atoms with Gasteiger partial charge < -0.3 is 5.32 Å². The lowest BCUT2D eigenvalue weighted by Crippen LogP contribution is -2.17. The van der Waals surface area contributed by atoms with Crippen molar-refractivity contribution in [2.45, 2.75) is 26.2 Å². The van der Waals surface area contributed by atoms with Gasteiger partial charge in [-0.2, -0.15) is 5.10 Å². The van der Waals surface area contributed by atoms with Crippen LogP contribution in [0.5, 0.6) is 0 Å². The molecule has 2 heterocycles. The molecule has 0 aliphatic heterocycles. The third-order valence-electron chi connectivity index (χ3n) is 3.84. The lowest BCUT2D eigenvalue weighted by atomic mass is 9.98. The first-order valence-corrected chi connectivity index (χ1v) is 6.37. The van der Waals surface area contributed by atoms with Crippen molar-refractivity contribution < 1.29 is 0 Å². The average Bonchev–Trinajstić information content (AvgIpc) is 2.94. The molecule has 0 spiro atoms. The van der Waals surface area contributed by atoms with Gasteiger partial charge in [-0.3, -0.25) is 0 Å². The fourth-order valence-corrected chi connectivity index (χ4v) is 2.67. The number of fused-ring (bicyclic) bond motifs is 1. The molecule has 17 heavy (non-hydrogen) atoms. The SMILES string of the molecule is CC1CCCC1CNc1ccn2nccc2n1. The van der Waals surface area contributed by atoms with Crippen LogP contribution in [-0.4, -0.2) is 21.1 Å². The molecule has 2 aromatic rings. The molecule has 1 N–H and O–H groups in total. The molecule has 4 nitrogen and oxygen atoms in total. The highest BCUT2D eigenvalue weighted by Crippen LogP contribution is 2.31. The highest BCUT2D eigenvalue weighted by molar-refractivity contribution is 5.45. The van der Waals surface area contributed by atoms with Crippen molar-refractivity contribution >= 4 is 11.5 Å². The molecule has 0 aromatic carbocycles. The predicted octanol–water partition coefficient (Wildman–Crippen LogP) is 2.58. The third-order valence-corrected chi connectivity index (χ3v) is 3.84. The van der Waals surface area contributed by atoms with Crippen LogP contribution < -0.4 is 5.32 Å². The van der Waals surface area contributed by atoms with Crippen molar-refractivity contribution in [2.24, 2.45) is 11.8 Å². The summed E-state index contributed by atoms with van der Waals surface area (Å²) >= 11 is 0. The van der Waals surface area contributed by atoms with Gasteiger partial charge in [-0.1, -0.05) is 19.8 Å². The lowest BCUT2D eigenvalue weighted by molar-refractivity contribution is 0.439. The van der Waals surface area contributed by atoms with Crippen LogP contribution in [-0.2, 0) is 0 Å². The van der Waals surface area contributed by atoms with Crippen LogP contribution >= 0.6 is 0 Å². The maximum absolute atomic E-state index is 4.51. The number of aromatic nitrogens is 3. The topological polar surface area (TPSA) is 42.2 Å². The molecular formula is C13H18N4. The molecule has 4 heteroatoms. The molecule has 0 radical (unpaired) electrons. The predicted molar refractivity (Wildman–Crippen MR) is 68.0 cm³/mol. The Morgan fingerprint density at radius 1 is 1.41 bits per heavy atom. The summed E-state index contributed by atoms with van der Waals surface area (Å²) < 4.78 is 1.78. The number of rotatable bonds is 3. The maximum atomic E-state index is 4.51. The molecule has 2 unspecified atom stereocenters. The molecule has 2 aromatic heterocycles. The van der Waals surface area contributed by atoms with Gasteiger partial charge in [0.05, 0.1) is 6.20 Å². The summed E-state index contributed by atoms with van der Waals surface area (Å²) in [6, 6.07) is 3.91. The fraction of sp³-hybridized carbons (Fsp3) is 0.538. The lowest BCUT2D eigenvalue weighted by Gasteiger charge is -2.16. The van der Waals surface area contributed by atoms with Gasteiger partial charge in [-0.25, -0.2) is 9.50 Å². The molecule has 1 fully saturated rings. The molecule has 2 atom stereocenters. The van der Waals surface area contributed by atoms with Gasteiger partial charge in [0.15, 0.2) is 5.65 Å². The summed E-state index contributed by atoms with van der Waals surface area (Å²) in [5.74, 6) is 2.61. The first-order chi connectivity index (χ1) is 8.33. The Balaban J connectivity index is 1.67. The molecule has 1 aliphatic carbocycles. The first-order valence-electron chi connectivity index (χ1n) is 6.37. The number of nitrogens with zero attached hydrogens (tertiary/aromatic N) is 3. The number of anilines is 1. The summed E-state index contributed by atoms with van der Waals surface area (Å²) in [5, 5.41) is 7.58. The number of hydrogen-bond acceptors (Lipinski definition) is 3. The van der Waals surface area contributed by atoms with Crippen molar-refractivity contribution in [1.29, 1.82) is 0 Å². The van der Waals surface area contributed by atoms with Gasteiger partial charge in [-0.15, -0.1) is 0 Å². The van der Waals surface area contributed by atoms with Gasteiger partial charge >= 0.3 is 0 Å². The standard InChI is InChI=1S/C13H18N4/c1-10-3-2-4-11(10)9-14-12-6-8-17-13(16-12)5-7-15-17/h5-8,10-11H,2-4,9H2,1H3,(H,14,16). The first kappa shape index (κ1) is 10.6. The number of nitrogens with one attached hydrogen (secondary N) is 1. The van der Waals surface area contributed by atoms with E-state index in [0.29, 0.717) is 0 Å². The molecule has 0 bridgehead atoms. The minimum atomic E-state index is 0.804. The summed E-state index contributed by atoms with van der Waals surface area (Å²) in [7, 11) is 0. The molecular weight excluding hydrogens is 212 g/mol. The Kier molecular flexibility index (Phi) is 2.71. The zero-order valence-corrected chi connectivity index (χ0v) is 10.1. The van der Waals surface area contributed by atoms with Crippen LogP contribution in [0.2, 0.25) is 0 Å². The van der Waals surface area contributed by atoms with E-state index in [9.17, 15) is 0 Å². The van der Waals surface area contributed by atoms with E-state index in [2.05, 4.69) is 22.3 Å². The Morgan fingerprint density at radius 2 is 2.35 bits per heavy atom. The number of hydrogen-bond donors (Lipinski definition) is 1. The monoisotopic (exact) mass is 230 g/mol. The second-order valence-electron chi connectivity index (χ2n) is 5.00. The molecule has 1 aliphatic rings. The van der Waals surface area contributed by atoms with E-state index in [1.54, 1.807) is 10.7 Å². The van der Waals surface area contributed by atoms with E-state index in [1.807, 2.05) is 18.3 Å². The van der Waals surface area contributed by atoms with Gasteiger partial charge in [0.2, 0.25) is 0 Å². The maximum Gasteiger partial charge on any atom is 0.157 e. The molecule has 90 valence electrons. The van der Waals surface area contributed by atoms with Gasteiger partial charge in [-0.05, 0) is 24.3 Å². The van der Waals surface area contributed by atoms with E-state index in [1.165, 1.54) is 19.3 Å². The van der Waals surface area contributed by atoms with E-state index in [-0.39, 0.29) is 0 Å². The molecule has 3 rings (SSSR count). The molecule has 0 saturated heterocycles. The van der Waals surface area contributed by atoms with Crippen molar-refractivity contribution in [1.82, 2.24) is 14.6 Å². The van der Waals surface area contributed by atoms with Gasteiger partial charge in [0, 0.05) is 18.8 Å². The van der Waals surface area contributed by atoms with E-state index >= 15 is 0 Å². The quantitative estimate of drug-likeness (QED) is 0.881. The second-order valence-corrected chi connectivity index (χ2v) is 5.00. The van der Waals surface area contributed by atoms with Crippen LogP contribution in [0.15, 0.2) is 24.5 Å². The Labute approximate surface area is 101 Å². The zero-order chi connectivity index (χ0) is 11.7. The molecule has 1 saturated carbocycles. The summed E-state index contributed by atoms with van der Waals surface area (Å²) in [6.07, 6.45) is 7.82. The van der Waals surface area contributed by atoms with E-state index in [4.69, 9.17) is 0 Å². The van der Waals surface area contributed by atoms with Crippen molar-refractivity contribution in [3.05, 3.63) is 24.5 Å². The van der Waals surface area contributed by atoms with Gasteiger partial charge in [0.25, 0.3) is 0 Å². The summed E-state index contributed by atoms with van der Waals surface area (Å²) in [4.78, 5) is 4.51. The largest absolute Gasteiger partial charge is 0.370 e. The van der Waals surface area contributed by atoms with Crippen LogP contribution in [0.3, 0.4) is 0 Å². The van der Waals surface area contributed by atoms with Crippen molar-refractivity contribution in [3.63, 3.8) is 0 Å². The zero-order valence-electron chi connectivity index (χ0n) is 10.1. The highest BCUT2D eigenvalue weighted by atomic mass is 15.2. The normalized spacial score (nSPS) is 24.3. The minimum Gasteiger partial charge on any atom is -0.370 e. The van der Waals surface area contributed by atoms with E-state index in [0.717, 1.165) is 29.8 Å².